The number of carbonyl (C=O) groups is 1. The molecule has 0 saturated carbocycles. The molecule has 0 unspecified atom stereocenters. The van der Waals surface area contributed by atoms with Gasteiger partial charge in [-0.1, -0.05) is 6.42 Å². The highest BCUT2D eigenvalue weighted by Crippen LogP contribution is 2.37. The van der Waals surface area contributed by atoms with E-state index in [2.05, 4.69) is 9.97 Å². The summed E-state index contributed by atoms with van der Waals surface area (Å²) in [6.07, 6.45) is 5.76. The molecule has 0 bridgehead atoms. The summed E-state index contributed by atoms with van der Waals surface area (Å²) >= 11 is 1.69. The second-order valence-corrected chi connectivity index (χ2v) is 8.14. The number of ether oxygens (including phenoxy) is 1. The van der Waals surface area contributed by atoms with E-state index in [1.165, 1.54) is 29.7 Å². The predicted octanol–water partition coefficient (Wildman–Crippen LogP) is 4.42. The maximum absolute atomic E-state index is 12.5. The van der Waals surface area contributed by atoms with E-state index in [9.17, 15) is 4.79 Å². The van der Waals surface area contributed by atoms with Crippen LogP contribution in [0.2, 0.25) is 0 Å². The zero-order chi connectivity index (χ0) is 19.1. The van der Waals surface area contributed by atoms with Gasteiger partial charge in [-0.05, 0) is 52.0 Å². The Labute approximate surface area is 161 Å². The van der Waals surface area contributed by atoms with Crippen LogP contribution in [0.3, 0.4) is 0 Å². The third kappa shape index (κ3) is 3.20. The Morgan fingerprint density at radius 3 is 2.67 bits per heavy atom. The van der Waals surface area contributed by atoms with Crippen molar-refractivity contribution in [2.24, 2.45) is 0 Å². The van der Waals surface area contributed by atoms with E-state index in [-0.39, 0.29) is 6.61 Å². The van der Waals surface area contributed by atoms with Gasteiger partial charge in [-0.3, -0.25) is 0 Å². The molecule has 1 aliphatic carbocycles. The van der Waals surface area contributed by atoms with Crippen LogP contribution in [0.1, 0.15) is 63.0 Å². The van der Waals surface area contributed by atoms with Gasteiger partial charge in [0, 0.05) is 10.4 Å². The number of fused-ring (bicyclic) bond motifs is 3. The summed E-state index contributed by atoms with van der Waals surface area (Å²) in [5.74, 6) is 1.78. The van der Waals surface area contributed by atoms with Crippen molar-refractivity contribution in [2.45, 2.75) is 59.5 Å². The highest BCUT2D eigenvalue weighted by Gasteiger charge is 2.22. The molecule has 0 atom stereocenters. The van der Waals surface area contributed by atoms with Crippen LogP contribution in [-0.2, 0) is 24.2 Å². The Hall–Kier alpha value is -2.41. The second-order valence-electron chi connectivity index (χ2n) is 7.06. The molecule has 0 saturated heterocycles. The second kappa shape index (κ2) is 6.96. The zero-order valence-electron chi connectivity index (χ0n) is 15.8. The fraction of sp³-hybridized carbons (Fsp3) is 0.450. The van der Waals surface area contributed by atoms with Crippen LogP contribution in [0.5, 0.6) is 0 Å². The van der Waals surface area contributed by atoms with Crippen molar-refractivity contribution >= 4 is 33.3 Å². The smallest absolute Gasteiger partial charge is 0.342 e. The first-order valence-electron chi connectivity index (χ1n) is 9.26. The van der Waals surface area contributed by atoms with Crippen molar-refractivity contribution in [1.82, 2.24) is 9.97 Å². The molecule has 2 N–H and O–H groups in total. The van der Waals surface area contributed by atoms with E-state index in [0.717, 1.165) is 34.4 Å². The molecule has 7 heteroatoms. The zero-order valence-corrected chi connectivity index (χ0v) is 16.7. The minimum Gasteiger partial charge on any atom is -0.465 e. The number of nitrogens with two attached hydrogens (primary N) is 1. The Bertz CT molecular complexity index is 1040. The van der Waals surface area contributed by atoms with Crippen molar-refractivity contribution in [3.63, 3.8) is 0 Å². The SMILES string of the molecule is Cc1oc(C)c(C(=O)OCc2nc(N)c3c4c(sc3n2)CCCCC4)c1C. The van der Waals surface area contributed by atoms with Crippen molar-refractivity contribution in [2.75, 3.05) is 5.73 Å². The third-order valence-electron chi connectivity index (χ3n) is 5.24. The minimum absolute atomic E-state index is 0.00928. The average Bonchev–Trinajstić information content (AvgIpc) is 2.98. The number of hydrogen-bond donors (Lipinski definition) is 1. The van der Waals surface area contributed by atoms with E-state index in [4.69, 9.17) is 14.9 Å². The number of nitrogen functional groups attached to an aromatic ring is 1. The van der Waals surface area contributed by atoms with Crippen LogP contribution in [-0.4, -0.2) is 15.9 Å². The molecule has 0 radical (unpaired) electrons. The molecule has 3 aromatic rings. The van der Waals surface area contributed by atoms with Gasteiger partial charge in [0.1, 0.15) is 27.7 Å². The van der Waals surface area contributed by atoms with Crippen LogP contribution in [0, 0.1) is 20.8 Å². The molecule has 0 spiro atoms. The Balaban J connectivity index is 1.59. The van der Waals surface area contributed by atoms with Crippen LogP contribution >= 0.6 is 11.3 Å². The van der Waals surface area contributed by atoms with E-state index in [1.54, 1.807) is 18.3 Å². The van der Waals surface area contributed by atoms with Gasteiger partial charge in [0.15, 0.2) is 12.4 Å². The predicted molar refractivity (Wildman–Crippen MR) is 105 cm³/mol. The maximum Gasteiger partial charge on any atom is 0.342 e. The van der Waals surface area contributed by atoms with Gasteiger partial charge in [-0.2, -0.15) is 0 Å². The van der Waals surface area contributed by atoms with Crippen molar-refractivity contribution < 1.29 is 13.9 Å². The van der Waals surface area contributed by atoms with Crippen LogP contribution in [0.25, 0.3) is 10.2 Å². The highest BCUT2D eigenvalue weighted by atomic mass is 32.1. The Kier molecular flexibility index (Phi) is 4.63. The normalized spacial score (nSPS) is 14.2. The molecule has 3 aromatic heterocycles. The van der Waals surface area contributed by atoms with Crippen LogP contribution in [0.15, 0.2) is 4.42 Å². The summed E-state index contributed by atoms with van der Waals surface area (Å²) in [7, 11) is 0. The van der Waals surface area contributed by atoms with Gasteiger partial charge in [-0.15, -0.1) is 11.3 Å². The number of nitrogens with zero attached hydrogens (tertiary/aromatic N) is 2. The summed E-state index contributed by atoms with van der Waals surface area (Å²) in [6.45, 7) is 5.43. The first kappa shape index (κ1) is 18.0. The fourth-order valence-corrected chi connectivity index (χ4v) is 5.06. The standard InChI is InChI=1S/C20H23N3O3S/c1-10-11(2)26-12(3)16(10)20(24)25-9-15-22-18(21)17-13-7-5-4-6-8-14(13)27-19(17)23-15/h4-9H2,1-3H3,(H2,21,22,23). The summed E-state index contributed by atoms with van der Waals surface area (Å²) < 4.78 is 10.9. The van der Waals surface area contributed by atoms with Gasteiger partial charge in [0.2, 0.25) is 0 Å². The maximum atomic E-state index is 12.5. The molecule has 4 rings (SSSR count). The number of thiophene rings is 1. The third-order valence-corrected chi connectivity index (χ3v) is 6.42. The largest absolute Gasteiger partial charge is 0.465 e. The number of esters is 1. The van der Waals surface area contributed by atoms with Gasteiger partial charge >= 0.3 is 5.97 Å². The molecule has 142 valence electrons. The lowest BCUT2D eigenvalue weighted by molar-refractivity contribution is 0.0460. The number of carbonyl (C=O) groups excluding carboxylic acids is 1. The number of furan rings is 1. The minimum atomic E-state index is -0.425. The van der Waals surface area contributed by atoms with Crippen molar-refractivity contribution in [1.29, 1.82) is 0 Å². The van der Waals surface area contributed by atoms with Crippen molar-refractivity contribution in [3.05, 3.63) is 38.9 Å². The van der Waals surface area contributed by atoms with Gasteiger partial charge in [0.25, 0.3) is 0 Å². The lowest BCUT2D eigenvalue weighted by Crippen LogP contribution is -2.10. The van der Waals surface area contributed by atoms with Crippen LogP contribution in [0.4, 0.5) is 5.82 Å². The van der Waals surface area contributed by atoms with E-state index < -0.39 is 5.97 Å². The van der Waals surface area contributed by atoms with Crippen molar-refractivity contribution in [3.8, 4) is 0 Å². The van der Waals surface area contributed by atoms with E-state index in [1.807, 2.05) is 13.8 Å². The molecule has 6 nitrogen and oxygen atoms in total. The molecular weight excluding hydrogens is 362 g/mol. The van der Waals surface area contributed by atoms with Gasteiger partial charge in [0.05, 0.1) is 5.39 Å². The van der Waals surface area contributed by atoms with E-state index >= 15 is 0 Å². The first-order valence-corrected chi connectivity index (χ1v) is 10.1. The number of rotatable bonds is 3. The number of hydrogen-bond acceptors (Lipinski definition) is 7. The highest BCUT2D eigenvalue weighted by molar-refractivity contribution is 7.19. The number of aromatic nitrogens is 2. The van der Waals surface area contributed by atoms with Gasteiger partial charge < -0.3 is 14.9 Å². The Morgan fingerprint density at radius 1 is 1.15 bits per heavy atom. The average molecular weight is 385 g/mol. The molecular formula is C20H23N3O3S. The summed E-state index contributed by atoms with van der Waals surface area (Å²) in [4.78, 5) is 23.7. The van der Waals surface area contributed by atoms with Gasteiger partial charge in [-0.25, -0.2) is 14.8 Å². The monoisotopic (exact) mass is 385 g/mol. The molecule has 27 heavy (non-hydrogen) atoms. The topological polar surface area (TPSA) is 91.2 Å². The molecule has 1 aliphatic rings. The molecule has 3 heterocycles. The fourth-order valence-electron chi connectivity index (χ4n) is 3.77. The molecule has 0 aliphatic heterocycles. The number of anilines is 1. The molecule has 0 aromatic carbocycles. The summed E-state index contributed by atoms with van der Waals surface area (Å²) in [5.41, 5.74) is 8.84. The lowest BCUT2D eigenvalue weighted by atomic mass is 10.1. The molecule has 0 fully saturated rings. The first-order chi connectivity index (χ1) is 13.0. The summed E-state index contributed by atoms with van der Waals surface area (Å²) in [5, 5.41) is 0.990. The molecule has 0 amide bonds. The van der Waals surface area contributed by atoms with E-state index in [0.29, 0.717) is 23.0 Å². The Morgan fingerprint density at radius 2 is 1.93 bits per heavy atom. The number of aryl methyl sites for hydroxylation is 4. The summed E-state index contributed by atoms with van der Waals surface area (Å²) in [6, 6.07) is 0. The van der Waals surface area contributed by atoms with Crippen LogP contribution < -0.4 is 5.73 Å². The quantitative estimate of drug-likeness (QED) is 0.530. The lowest BCUT2D eigenvalue weighted by Gasteiger charge is -2.06.